The summed E-state index contributed by atoms with van der Waals surface area (Å²) >= 11 is 3.42. The summed E-state index contributed by atoms with van der Waals surface area (Å²) in [7, 11) is 0. The van der Waals surface area contributed by atoms with Crippen LogP contribution in [0.2, 0.25) is 0 Å². The van der Waals surface area contributed by atoms with Crippen molar-refractivity contribution in [2.24, 2.45) is 5.92 Å². The maximum atomic E-state index is 13.2. The number of piperidine rings is 1. The van der Waals surface area contributed by atoms with E-state index in [1.807, 2.05) is 34.9 Å². The third kappa shape index (κ3) is 3.96. The predicted octanol–water partition coefficient (Wildman–Crippen LogP) is 4.83. The van der Waals surface area contributed by atoms with Crippen molar-refractivity contribution in [1.29, 1.82) is 0 Å². The Morgan fingerprint density at radius 3 is 2.71 bits per heavy atom. The Balaban J connectivity index is 1.32. The summed E-state index contributed by atoms with van der Waals surface area (Å²) < 4.78 is 14.3. The Hall–Kier alpha value is -3.36. The molecular formula is C27H23BrN2O5. The second kappa shape index (κ2) is 8.70. The third-order valence-electron chi connectivity index (χ3n) is 6.98. The lowest BCUT2D eigenvalue weighted by Crippen LogP contribution is -2.46. The third-order valence-corrected chi connectivity index (χ3v) is 7.64. The average Bonchev–Trinajstić information content (AvgIpc) is 2.84. The largest absolute Gasteiger partial charge is 0.507 e. The zero-order chi connectivity index (χ0) is 24.1. The monoisotopic (exact) mass is 534 g/mol. The van der Waals surface area contributed by atoms with E-state index in [2.05, 4.69) is 20.8 Å². The van der Waals surface area contributed by atoms with E-state index in [1.165, 1.54) is 12.3 Å². The number of para-hydroxylation sites is 1. The molecule has 0 spiro atoms. The molecule has 0 radical (unpaired) electrons. The number of pyridine rings is 1. The van der Waals surface area contributed by atoms with Gasteiger partial charge in [0, 0.05) is 43.9 Å². The Kier molecular flexibility index (Phi) is 5.50. The normalized spacial score (nSPS) is 19.5. The molecule has 1 saturated heterocycles. The predicted molar refractivity (Wildman–Crippen MR) is 135 cm³/mol. The fraction of sp³-hybridized carbons (Fsp3) is 0.259. The first-order valence-electron chi connectivity index (χ1n) is 11.6. The van der Waals surface area contributed by atoms with Gasteiger partial charge in [-0.05, 0) is 58.6 Å². The maximum absolute atomic E-state index is 13.2. The van der Waals surface area contributed by atoms with Gasteiger partial charge in [0.05, 0.1) is 15.4 Å². The summed E-state index contributed by atoms with van der Waals surface area (Å²) in [6.07, 6.45) is 2.35. The molecule has 2 aromatic carbocycles. The number of ether oxygens (including phenoxy) is 1. The van der Waals surface area contributed by atoms with Crippen LogP contribution >= 0.6 is 15.9 Å². The fourth-order valence-corrected chi connectivity index (χ4v) is 5.81. The van der Waals surface area contributed by atoms with Gasteiger partial charge in [-0.15, -0.1) is 0 Å². The second-order valence-electron chi connectivity index (χ2n) is 9.29. The van der Waals surface area contributed by atoms with Crippen molar-refractivity contribution in [2.75, 3.05) is 13.1 Å². The molecule has 178 valence electrons. The minimum absolute atomic E-state index is 0.0553. The lowest BCUT2D eigenvalue weighted by Gasteiger charge is -2.42. The summed E-state index contributed by atoms with van der Waals surface area (Å²) in [6, 6.07) is 15.9. The Labute approximate surface area is 209 Å². The molecule has 0 unspecified atom stereocenters. The molecule has 35 heavy (non-hydrogen) atoms. The van der Waals surface area contributed by atoms with Gasteiger partial charge in [-0.2, -0.15) is 0 Å². The van der Waals surface area contributed by atoms with Gasteiger partial charge in [0.25, 0.3) is 5.56 Å². The summed E-state index contributed by atoms with van der Waals surface area (Å²) in [6.45, 7) is 2.72. The number of benzene rings is 2. The topological polar surface area (TPSA) is 84.9 Å². The lowest BCUT2D eigenvalue weighted by atomic mass is 9.83. The van der Waals surface area contributed by atoms with Crippen molar-refractivity contribution in [1.82, 2.24) is 9.47 Å². The van der Waals surface area contributed by atoms with Crippen molar-refractivity contribution in [3.05, 3.63) is 97.2 Å². The van der Waals surface area contributed by atoms with Crippen LogP contribution in [0.1, 0.15) is 23.6 Å². The molecule has 0 amide bonds. The number of hydrogen-bond acceptors (Lipinski definition) is 6. The highest BCUT2D eigenvalue weighted by Gasteiger charge is 2.35. The summed E-state index contributed by atoms with van der Waals surface area (Å²) in [5, 5.41) is 11.1. The van der Waals surface area contributed by atoms with Crippen molar-refractivity contribution in [3.63, 3.8) is 0 Å². The molecule has 1 N–H and O–H groups in total. The van der Waals surface area contributed by atoms with Crippen molar-refractivity contribution >= 4 is 26.9 Å². The number of nitrogens with zero attached hydrogens (tertiary/aromatic N) is 2. The number of aromatic hydroxyl groups is 1. The Morgan fingerprint density at radius 2 is 1.86 bits per heavy atom. The zero-order valence-corrected chi connectivity index (χ0v) is 20.4. The van der Waals surface area contributed by atoms with Crippen LogP contribution in [0.3, 0.4) is 0 Å². The van der Waals surface area contributed by atoms with Crippen molar-refractivity contribution < 1.29 is 14.3 Å². The maximum Gasteiger partial charge on any atom is 0.250 e. The molecule has 4 aromatic rings. The Bertz CT molecular complexity index is 1560. The van der Waals surface area contributed by atoms with Crippen LogP contribution in [0.25, 0.3) is 11.0 Å². The molecule has 4 heterocycles. The summed E-state index contributed by atoms with van der Waals surface area (Å²) in [4.78, 5) is 27.8. The van der Waals surface area contributed by atoms with E-state index in [0.29, 0.717) is 41.3 Å². The lowest BCUT2D eigenvalue weighted by molar-refractivity contribution is 0.113. The van der Waals surface area contributed by atoms with Crippen LogP contribution < -0.4 is 15.7 Å². The number of fused-ring (bicyclic) bond motifs is 5. The van der Waals surface area contributed by atoms with Crippen LogP contribution in [0, 0.1) is 5.92 Å². The van der Waals surface area contributed by atoms with E-state index < -0.39 is 0 Å². The molecule has 8 heteroatoms. The number of aromatic nitrogens is 1. The van der Waals surface area contributed by atoms with Crippen molar-refractivity contribution in [3.8, 4) is 17.2 Å². The van der Waals surface area contributed by atoms with Crippen LogP contribution in [0.15, 0.2) is 79.3 Å². The molecular weight excluding hydrogens is 512 g/mol. The average molecular weight is 535 g/mol. The molecule has 2 bridgehead atoms. The van der Waals surface area contributed by atoms with E-state index in [-0.39, 0.29) is 28.4 Å². The molecule has 6 rings (SSSR count). The van der Waals surface area contributed by atoms with E-state index in [9.17, 15) is 14.7 Å². The quantitative estimate of drug-likeness (QED) is 0.403. The molecule has 2 aliphatic rings. The van der Waals surface area contributed by atoms with Gasteiger partial charge in [-0.25, -0.2) is 0 Å². The number of phenolic OH excluding ortho intramolecular Hbond substituents is 1. The SMILES string of the molecule is O=c1c(Oc2ccccc2Br)coc2c(CN3C[C@H]4C[C@@H](C3)c3cccc(=O)n3C4)c(O)ccc12. The number of phenols is 1. The van der Waals surface area contributed by atoms with Crippen LogP contribution in [-0.2, 0) is 13.1 Å². The standard InChI is InChI=1S/C27H23BrN2O5/c28-20-4-1-2-6-23(20)35-24-15-34-27-18(26(24)33)8-9-22(31)19(27)14-29-11-16-10-17(13-29)21-5-3-7-25(32)30(21)12-16/h1-9,15-17,31H,10-14H2/t16-,17+/m1/s1. The fourth-order valence-electron chi connectivity index (χ4n) is 5.45. The number of hydrogen-bond donors (Lipinski definition) is 1. The van der Waals surface area contributed by atoms with E-state index >= 15 is 0 Å². The van der Waals surface area contributed by atoms with Gasteiger partial charge in [-0.1, -0.05) is 18.2 Å². The minimum atomic E-state index is -0.299. The molecule has 1 fully saturated rings. The molecule has 2 aliphatic heterocycles. The molecule has 0 saturated carbocycles. The van der Waals surface area contributed by atoms with Crippen molar-refractivity contribution in [2.45, 2.75) is 25.4 Å². The van der Waals surface area contributed by atoms with Gasteiger partial charge < -0.3 is 18.8 Å². The Morgan fingerprint density at radius 1 is 1.00 bits per heavy atom. The van der Waals surface area contributed by atoms with Gasteiger partial charge in [0.15, 0.2) is 0 Å². The molecule has 2 aromatic heterocycles. The first-order chi connectivity index (χ1) is 17.0. The van der Waals surface area contributed by atoms with Gasteiger partial charge in [0.1, 0.15) is 23.3 Å². The smallest absolute Gasteiger partial charge is 0.250 e. The molecule has 0 aliphatic carbocycles. The van der Waals surface area contributed by atoms with Crippen LogP contribution in [0.4, 0.5) is 0 Å². The summed E-state index contributed by atoms with van der Waals surface area (Å²) in [5.41, 5.74) is 1.77. The van der Waals surface area contributed by atoms with E-state index in [0.717, 1.165) is 29.7 Å². The highest BCUT2D eigenvalue weighted by Crippen LogP contribution is 2.37. The minimum Gasteiger partial charge on any atom is -0.507 e. The molecule has 7 nitrogen and oxygen atoms in total. The second-order valence-corrected chi connectivity index (χ2v) is 10.1. The van der Waals surface area contributed by atoms with E-state index in [1.54, 1.807) is 18.2 Å². The first-order valence-corrected chi connectivity index (χ1v) is 12.4. The van der Waals surface area contributed by atoms with E-state index in [4.69, 9.17) is 9.15 Å². The van der Waals surface area contributed by atoms with Crippen LogP contribution in [-0.4, -0.2) is 27.7 Å². The molecule has 2 atom stereocenters. The number of rotatable bonds is 4. The number of likely N-dealkylation sites (tertiary alicyclic amines) is 1. The number of halogens is 1. The zero-order valence-electron chi connectivity index (χ0n) is 18.8. The van der Waals surface area contributed by atoms with Gasteiger partial charge in [0.2, 0.25) is 11.2 Å². The van der Waals surface area contributed by atoms with Gasteiger partial charge in [-0.3, -0.25) is 14.5 Å². The first kappa shape index (κ1) is 22.1. The highest BCUT2D eigenvalue weighted by atomic mass is 79.9. The highest BCUT2D eigenvalue weighted by molar-refractivity contribution is 9.10. The van der Waals surface area contributed by atoms with Gasteiger partial charge >= 0.3 is 0 Å². The van der Waals surface area contributed by atoms with Crippen LogP contribution in [0.5, 0.6) is 17.2 Å². The summed E-state index contributed by atoms with van der Waals surface area (Å²) in [5.74, 6) is 1.29.